The van der Waals surface area contributed by atoms with Crippen molar-refractivity contribution in [3.8, 4) is 0 Å². The van der Waals surface area contributed by atoms with Gasteiger partial charge in [-0.25, -0.2) is 17.2 Å². The number of anilines is 1. The fourth-order valence-corrected chi connectivity index (χ4v) is 1.73. The van der Waals surface area contributed by atoms with Gasteiger partial charge in [0, 0.05) is 31.0 Å². The molecule has 1 aromatic carbocycles. The molecule has 0 spiro atoms. The summed E-state index contributed by atoms with van der Waals surface area (Å²) in [5.74, 6) is -1.60. The molecule has 0 amide bonds. The van der Waals surface area contributed by atoms with E-state index in [9.17, 15) is 17.2 Å². The molecule has 0 saturated carbocycles. The highest BCUT2D eigenvalue weighted by Gasteiger charge is 2.09. The Kier molecular flexibility index (Phi) is 4.41. The van der Waals surface area contributed by atoms with E-state index >= 15 is 0 Å². The van der Waals surface area contributed by atoms with Crippen molar-refractivity contribution >= 4 is 15.5 Å². The summed E-state index contributed by atoms with van der Waals surface area (Å²) >= 11 is 0. The van der Waals surface area contributed by atoms with Gasteiger partial charge in [0.15, 0.2) is 0 Å². The zero-order valence-corrected chi connectivity index (χ0v) is 10.2. The van der Waals surface area contributed by atoms with Crippen LogP contribution in [0.5, 0.6) is 0 Å². The van der Waals surface area contributed by atoms with E-state index in [0.717, 1.165) is 12.3 Å². The minimum absolute atomic E-state index is 0.0487. The number of halogens is 2. The van der Waals surface area contributed by atoms with Gasteiger partial charge in [-0.2, -0.15) is 0 Å². The Morgan fingerprint density at radius 3 is 2.47 bits per heavy atom. The van der Waals surface area contributed by atoms with Gasteiger partial charge >= 0.3 is 0 Å². The topological polar surface area (TPSA) is 72.2 Å². The Labute approximate surface area is 98.7 Å². The predicted molar refractivity (Wildman–Crippen MR) is 62.4 cm³/mol. The second kappa shape index (κ2) is 5.42. The van der Waals surface area contributed by atoms with E-state index in [1.807, 2.05) is 0 Å². The Balaban J connectivity index is 2.77. The smallest absolute Gasteiger partial charge is 0.149 e. The molecule has 96 valence electrons. The van der Waals surface area contributed by atoms with E-state index < -0.39 is 21.5 Å². The van der Waals surface area contributed by atoms with E-state index in [1.165, 1.54) is 6.07 Å². The fourth-order valence-electron chi connectivity index (χ4n) is 1.26. The molecule has 0 bridgehead atoms. The number of rotatable bonds is 5. The molecule has 1 rings (SSSR count). The average molecular weight is 264 g/mol. The SMILES string of the molecule is CS(=O)(=O)CCNc1cc(CN)c(F)cc1F. The van der Waals surface area contributed by atoms with E-state index in [4.69, 9.17) is 5.73 Å². The molecule has 0 atom stereocenters. The number of sulfone groups is 1. The van der Waals surface area contributed by atoms with Crippen LogP contribution >= 0.6 is 0 Å². The van der Waals surface area contributed by atoms with Crippen LogP contribution in [0.4, 0.5) is 14.5 Å². The maximum absolute atomic E-state index is 13.3. The quantitative estimate of drug-likeness (QED) is 0.828. The highest BCUT2D eigenvalue weighted by atomic mass is 32.2. The number of nitrogens with two attached hydrogens (primary N) is 1. The maximum Gasteiger partial charge on any atom is 0.149 e. The Bertz CT molecular complexity index is 503. The van der Waals surface area contributed by atoms with E-state index in [1.54, 1.807) is 0 Å². The molecule has 1 aromatic rings. The van der Waals surface area contributed by atoms with Crippen LogP contribution in [0.2, 0.25) is 0 Å². The van der Waals surface area contributed by atoms with Crippen LogP contribution in [0.25, 0.3) is 0 Å². The minimum Gasteiger partial charge on any atom is -0.382 e. The fraction of sp³-hybridized carbons (Fsp3) is 0.400. The molecule has 0 unspecified atom stereocenters. The molecular weight excluding hydrogens is 250 g/mol. The van der Waals surface area contributed by atoms with Crippen molar-refractivity contribution in [2.24, 2.45) is 5.73 Å². The lowest BCUT2D eigenvalue weighted by Gasteiger charge is -2.09. The summed E-state index contributed by atoms with van der Waals surface area (Å²) in [6.45, 7) is 0.0122. The summed E-state index contributed by atoms with van der Waals surface area (Å²) in [6, 6.07) is 1.97. The summed E-state index contributed by atoms with van der Waals surface area (Å²) < 4.78 is 48.1. The molecule has 0 aliphatic carbocycles. The van der Waals surface area contributed by atoms with Crippen molar-refractivity contribution in [2.75, 3.05) is 23.9 Å². The summed E-state index contributed by atoms with van der Waals surface area (Å²) in [5.41, 5.74) is 5.51. The largest absolute Gasteiger partial charge is 0.382 e. The molecule has 0 saturated heterocycles. The van der Waals surface area contributed by atoms with Crippen molar-refractivity contribution in [2.45, 2.75) is 6.54 Å². The normalized spacial score (nSPS) is 11.5. The molecule has 0 fully saturated rings. The lowest BCUT2D eigenvalue weighted by Crippen LogP contribution is -2.15. The first-order chi connectivity index (χ1) is 7.83. The van der Waals surface area contributed by atoms with Crippen molar-refractivity contribution in [1.29, 1.82) is 0 Å². The standard InChI is InChI=1S/C10H14F2N2O2S/c1-17(15,16)3-2-14-10-4-7(6-13)8(11)5-9(10)12/h4-5,14H,2-3,6,13H2,1H3. The molecule has 0 aliphatic rings. The Hall–Kier alpha value is -1.21. The molecule has 17 heavy (non-hydrogen) atoms. The third-order valence-corrected chi connectivity index (χ3v) is 3.09. The van der Waals surface area contributed by atoms with Crippen LogP contribution < -0.4 is 11.1 Å². The summed E-state index contributed by atoms with van der Waals surface area (Å²) in [5, 5.41) is 2.60. The first-order valence-corrected chi connectivity index (χ1v) is 6.99. The van der Waals surface area contributed by atoms with Crippen LogP contribution in [-0.4, -0.2) is 27.0 Å². The molecule has 4 nitrogen and oxygen atoms in total. The summed E-state index contributed by atoms with van der Waals surface area (Å²) in [7, 11) is -3.11. The monoisotopic (exact) mass is 264 g/mol. The summed E-state index contributed by atoms with van der Waals surface area (Å²) in [4.78, 5) is 0. The van der Waals surface area contributed by atoms with Gasteiger partial charge in [-0.05, 0) is 6.07 Å². The average Bonchev–Trinajstić information content (AvgIpc) is 2.19. The lowest BCUT2D eigenvalue weighted by molar-refractivity contribution is 0.574. The van der Waals surface area contributed by atoms with Crippen molar-refractivity contribution in [3.63, 3.8) is 0 Å². The van der Waals surface area contributed by atoms with Gasteiger partial charge in [0.25, 0.3) is 0 Å². The van der Waals surface area contributed by atoms with Crippen LogP contribution in [0, 0.1) is 11.6 Å². The first-order valence-electron chi connectivity index (χ1n) is 4.93. The van der Waals surface area contributed by atoms with Crippen LogP contribution in [0.15, 0.2) is 12.1 Å². The van der Waals surface area contributed by atoms with Crippen LogP contribution in [0.3, 0.4) is 0 Å². The van der Waals surface area contributed by atoms with Crippen LogP contribution in [-0.2, 0) is 16.4 Å². The number of hydrogen-bond donors (Lipinski definition) is 2. The lowest BCUT2D eigenvalue weighted by atomic mass is 10.2. The van der Waals surface area contributed by atoms with Gasteiger partial charge in [0.2, 0.25) is 0 Å². The molecular formula is C10H14F2N2O2S. The van der Waals surface area contributed by atoms with Gasteiger partial charge in [0.1, 0.15) is 21.5 Å². The molecule has 0 radical (unpaired) electrons. The third kappa shape index (κ3) is 4.27. The number of benzene rings is 1. The molecule has 3 N–H and O–H groups in total. The predicted octanol–water partition coefficient (Wildman–Crippen LogP) is 0.880. The van der Waals surface area contributed by atoms with Gasteiger partial charge < -0.3 is 11.1 Å². The highest BCUT2D eigenvalue weighted by Crippen LogP contribution is 2.19. The Morgan fingerprint density at radius 2 is 1.94 bits per heavy atom. The highest BCUT2D eigenvalue weighted by molar-refractivity contribution is 7.90. The third-order valence-electron chi connectivity index (χ3n) is 2.14. The maximum atomic E-state index is 13.3. The second-order valence-corrected chi connectivity index (χ2v) is 5.94. The van der Waals surface area contributed by atoms with Gasteiger partial charge in [-0.3, -0.25) is 0 Å². The zero-order chi connectivity index (χ0) is 13.1. The van der Waals surface area contributed by atoms with E-state index in [-0.39, 0.29) is 30.1 Å². The zero-order valence-electron chi connectivity index (χ0n) is 9.33. The van der Waals surface area contributed by atoms with Gasteiger partial charge in [0.05, 0.1) is 11.4 Å². The molecule has 0 heterocycles. The number of hydrogen-bond acceptors (Lipinski definition) is 4. The first kappa shape index (κ1) is 13.9. The molecule has 0 aromatic heterocycles. The van der Waals surface area contributed by atoms with Crippen LogP contribution in [0.1, 0.15) is 5.56 Å². The van der Waals surface area contributed by atoms with Crippen molar-refractivity contribution in [1.82, 2.24) is 0 Å². The van der Waals surface area contributed by atoms with E-state index in [0.29, 0.717) is 0 Å². The van der Waals surface area contributed by atoms with Crippen molar-refractivity contribution < 1.29 is 17.2 Å². The van der Waals surface area contributed by atoms with Gasteiger partial charge in [-0.15, -0.1) is 0 Å². The molecule has 7 heteroatoms. The van der Waals surface area contributed by atoms with E-state index in [2.05, 4.69) is 5.32 Å². The van der Waals surface area contributed by atoms with Crippen molar-refractivity contribution in [3.05, 3.63) is 29.3 Å². The second-order valence-electron chi connectivity index (χ2n) is 3.68. The minimum atomic E-state index is -3.11. The summed E-state index contributed by atoms with van der Waals surface area (Å²) in [6.07, 6.45) is 1.08. The van der Waals surface area contributed by atoms with Gasteiger partial charge in [-0.1, -0.05) is 0 Å². The molecule has 0 aliphatic heterocycles. The Morgan fingerprint density at radius 1 is 1.29 bits per heavy atom. The number of nitrogens with one attached hydrogen (secondary N) is 1.